The average molecular weight is 244 g/mol. The molecule has 1 saturated heterocycles. The van der Waals surface area contributed by atoms with Crippen molar-refractivity contribution in [3.05, 3.63) is 0 Å². The van der Waals surface area contributed by atoms with Crippen LogP contribution in [0.5, 0.6) is 0 Å². The van der Waals surface area contributed by atoms with E-state index in [2.05, 4.69) is 51.3 Å². The van der Waals surface area contributed by atoms with E-state index in [4.69, 9.17) is 5.73 Å². The second-order valence-electron chi connectivity index (χ2n) is 6.28. The lowest BCUT2D eigenvalue weighted by Crippen LogP contribution is -2.44. The predicted octanol–water partition coefficient (Wildman–Crippen LogP) is 2.58. The number of hydrogen-bond acceptors (Lipinski definition) is 3. The second kappa shape index (κ2) is 5.74. The standard InChI is InChI=1S/C13H28N2S/c1-10-8-15(9-11(2)16-10)7-6-12(14)13(3,4)5/h10-12H,6-9,14H2,1-5H3. The summed E-state index contributed by atoms with van der Waals surface area (Å²) in [5.41, 5.74) is 6.44. The molecule has 1 rings (SSSR count). The third-order valence-electron chi connectivity index (χ3n) is 3.36. The number of rotatable bonds is 3. The number of nitrogens with two attached hydrogens (primary N) is 1. The lowest BCUT2D eigenvalue weighted by atomic mass is 9.85. The van der Waals surface area contributed by atoms with E-state index in [9.17, 15) is 0 Å². The summed E-state index contributed by atoms with van der Waals surface area (Å²) in [5.74, 6) is 0. The Morgan fingerprint density at radius 1 is 1.25 bits per heavy atom. The van der Waals surface area contributed by atoms with Gasteiger partial charge in [0.25, 0.3) is 0 Å². The van der Waals surface area contributed by atoms with Crippen LogP contribution in [0, 0.1) is 5.41 Å². The lowest BCUT2D eigenvalue weighted by Gasteiger charge is -2.36. The molecule has 0 amide bonds. The Bertz CT molecular complexity index is 202. The zero-order chi connectivity index (χ0) is 12.3. The lowest BCUT2D eigenvalue weighted by molar-refractivity contribution is 0.226. The highest BCUT2D eigenvalue weighted by Gasteiger charge is 2.25. The Labute approximate surface area is 105 Å². The van der Waals surface area contributed by atoms with Gasteiger partial charge in [0.1, 0.15) is 0 Å². The maximum absolute atomic E-state index is 6.21. The van der Waals surface area contributed by atoms with Crippen molar-refractivity contribution in [2.24, 2.45) is 11.1 Å². The molecule has 3 atom stereocenters. The van der Waals surface area contributed by atoms with Crippen LogP contribution in [-0.4, -0.2) is 41.1 Å². The molecular weight excluding hydrogens is 216 g/mol. The molecule has 2 nitrogen and oxygen atoms in total. The molecule has 0 saturated carbocycles. The van der Waals surface area contributed by atoms with Gasteiger partial charge in [-0.15, -0.1) is 0 Å². The van der Waals surface area contributed by atoms with Crippen LogP contribution < -0.4 is 5.73 Å². The van der Waals surface area contributed by atoms with E-state index in [1.54, 1.807) is 0 Å². The largest absolute Gasteiger partial charge is 0.327 e. The average Bonchev–Trinajstić information content (AvgIpc) is 2.11. The number of thioether (sulfide) groups is 1. The van der Waals surface area contributed by atoms with Crippen molar-refractivity contribution >= 4 is 11.8 Å². The van der Waals surface area contributed by atoms with Gasteiger partial charge in [-0.3, -0.25) is 0 Å². The van der Waals surface area contributed by atoms with Gasteiger partial charge in [0.05, 0.1) is 0 Å². The van der Waals surface area contributed by atoms with E-state index >= 15 is 0 Å². The fraction of sp³-hybridized carbons (Fsp3) is 1.00. The molecule has 1 aliphatic heterocycles. The molecule has 1 heterocycles. The van der Waals surface area contributed by atoms with Crippen molar-refractivity contribution in [2.45, 2.75) is 57.6 Å². The Hall–Kier alpha value is 0.270. The quantitative estimate of drug-likeness (QED) is 0.827. The van der Waals surface area contributed by atoms with E-state index in [0.29, 0.717) is 6.04 Å². The van der Waals surface area contributed by atoms with Gasteiger partial charge in [-0.1, -0.05) is 34.6 Å². The molecule has 0 aromatic heterocycles. The highest BCUT2D eigenvalue weighted by Crippen LogP contribution is 2.26. The van der Waals surface area contributed by atoms with Crippen LogP contribution in [0.15, 0.2) is 0 Å². The summed E-state index contributed by atoms with van der Waals surface area (Å²) in [6.45, 7) is 15.0. The molecule has 0 spiro atoms. The zero-order valence-corrected chi connectivity index (χ0v) is 12.3. The normalized spacial score (nSPS) is 30.4. The molecule has 3 heteroatoms. The molecule has 0 aromatic carbocycles. The second-order valence-corrected chi connectivity index (χ2v) is 8.16. The van der Waals surface area contributed by atoms with Crippen LogP contribution in [-0.2, 0) is 0 Å². The minimum absolute atomic E-state index is 0.238. The van der Waals surface area contributed by atoms with E-state index in [1.807, 2.05) is 0 Å². The van der Waals surface area contributed by atoms with Crippen LogP contribution >= 0.6 is 11.8 Å². The van der Waals surface area contributed by atoms with Crippen LogP contribution in [0.1, 0.15) is 41.0 Å². The summed E-state index contributed by atoms with van der Waals surface area (Å²) in [7, 11) is 0. The number of hydrogen-bond donors (Lipinski definition) is 1. The Morgan fingerprint density at radius 3 is 2.19 bits per heavy atom. The van der Waals surface area contributed by atoms with Crippen molar-refractivity contribution in [2.75, 3.05) is 19.6 Å². The smallest absolute Gasteiger partial charge is 0.0149 e. The van der Waals surface area contributed by atoms with Crippen molar-refractivity contribution < 1.29 is 0 Å². The molecule has 3 unspecified atom stereocenters. The highest BCUT2D eigenvalue weighted by molar-refractivity contribution is 8.00. The fourth-order valence-corrected chi connectivity index (χ4v) is 3.61. The monoisotopic (exact) mass is 244 g/mol. The molecular formula is C13H28N2S. The van der Waals surface area contributed by atoms with Crippen LogP contribution in [0.25, 0.3) is 0 Å². The summed E-state index contributed by atoms with van der Waals surface area (Å²) in [6.07, 6.45) is 1.12. The first-order valence-corrected chi connectivity index (χ1v) is 7.36. The third-order valence-corrected chi connectivity index (χ3v) is 4.59. The first kappa shape index (κ1) is 14.3. The molecule has 0 aliphatic carbocycles. The van der Waals surface area contributed by atoms with Crippen molar-refractivity contribution in [1.82, 2.24) is 4.90 Å². The summed E-state index contributed by atoms with van der Waals surface area (Å²) in [5, 5.41) is 1.55. The minimum Gasteiger partial charge on any atom is -0.327 e. The first-order valence-electron chi connectivity index (χ1n) is 6.42. The van der Waals surface area contributed by atoms with Gasteiger partial charge in [0, 0.05) is 29.6 Å². The van der Waals surface area contributed by atoms with Crippen LogP contribution in [0.2, 0.25) is 0 Å². The maximum atomic E-state index is 6.21. The SMILES string of the molecule is CC1CN(CCC(N)C(C)(C)C)CC(C)S1. The van der Waals surface area contributed by atoms with Gasteiger partial charge < -0.3 is 10.6 Å². The Kier molecular flexibility index (Phi) is 5.14. The Balaban J connectivity index is 2.32. The summed E-state index contributed by atoms with van der Waals surface area (Å²) < 4.78 is 0. The Morgan fingerprint density at radius 2 is 1.75 bits per heavy atom. The van der Waals surface area contributed by atoms with Gasteiger partial charge in [0.2, 0.25) is 0 Å². The van der Waals surface area contributed by atoms with E-state index in [-0.39, 0.29) is 5.41 Å². The van der Waals surface area contributed by atoms with Gasteiger partial charge in [-0.25, -0.2) is 0 Å². The molecule has 16 heavy (non-hydrogen) atoms. The topological polar surface area (TPSA) is 29.3 Å². The van der Waals surface area contributed by atoms with Gasteiger partial charge >= 0.3 is 0 Å². The molecule has 0 aromatic rings. The molecule has 96 valence electrons. The van der Waals surface area contributed by atoms with Crippen molar-refractivity contribution in [3.8, 4) is 0 Å². The summed E-state index contributed by atoms with van der Waals surface area (Å²) in [6, 6.07) is 0.313. The maximum Gasteiger partial charge on any atom is 0.0149 e. The summed E-state index contributed by atoms with van der Waals surface area (Å²) in [4.78, 5) is 2.58. The molecule has 0 bridgehead atoms. The number of nitrogens with zero attached hydrogens (tertiary/aromatic N) is 1. The minimum atomic E-state index is 0.238. The molecule has 2 N–H and O–H groups in total. The van der Waals surface area contributed by atoms with Crippen LogP contribution in [0.3, 0.4) is 0 Å². The predicted molar refractivity (Wildman–Crippen MR) is 75.0 cm³/mol. The van der Waals surface area contributed by atoms with E-state index < -0.39 is 0 Å². The van der Waals surface area contributed by atoms with Gasteiger partial charge in [-0.05, 0) is 18.4 Å². The van der Waals surface area contributed by atoms with Gasteiger partial charge in [-0.2, -0.15) is 11.8 Å². The van der Waals surface area contributed by atoms with Crippen molar-refractivity contribution in [3.63, 3.8) is 0 Å². The molecule has 1 aliphatic rings. The van der Waals surface area contributed by atoms with E-state index in [0.717, 1.165) is 23.5 Å². The first-order chi connectivity index (χ1) is 7.29. The third kappa shape index (κ3) is 4.64. The fourth-order valence-electron chi connectivity index (χ4n) is 2.22. The van der Waals surface area contributed by atoms with Crippen LogP contribution in [0.4, 0.5) is 0 Å². The summed E-state index contributed by atoms with van der Waals surface area (Å²) >= 11 is 2.11. The van der Waals surface area contributed by atoms with Gasteiger partial charge in [0.15, 0.2) is 0 Å². The molecule has 1 fully saturated rings. The van der Waals surface area contributed by atoms with Crippen molar-refractivity contribution in [1.29, 1.82) is 0 Å². The molecule has 0 radical (unpaired) electrons. The zero-order valence-electron chi connectivity index (χ0n) is 11.5. The highest BCUT2D eigenvalue weighted by atomic mass is 32.2. The van der Waals surface area contributed by atoms with E-state index in [1.165, 1.54) is 13.1 Å².